The molecule has 0 atom stereocenters. The second-order valence-corrected chi connectivity index (χ2v) is 5.66. The number of benzene rings is 1. The number of hydrogen-bond donors (Lipinski definition) is 2. The highest BCUT2D eigenvalue weighted by atomic mass is 35.5. The predicted molar refractivity (Wildman–Crippen MR) is 80.7 cm³/mol. The zero-order valence-corrected chi connectivity index (χ0v) is 11.5. The number of thiophene rings is 1. The van der Waals surface area contributed by atoms with Crippen LogP contribution in [-0.2, 0) is 0 Å². The van der Waals surface area contributed by atoms with Gasteiger partial charge in [0, 0.05) is 11.1 Å². The molecule has 4 nitrogen and oxygen atoms in total. The van der Waals surface area contributed by atoms with Crippen LogP contribution in [0.4, 0.5) is 5.00 Å². The van der Waals surface area contributed by atoms with Crippen molar-refractivity contribution in [1.82, 2.24) is 5.43 Å². The Morgan fingerprint density at radius 3 is 2.79 bits per heavy atom. The molecule has 0 amide bonds. The Hall–Kier alpha value is -1.69. The average molecular weight is 291 g/mol. The zero-order valence-electron chi connectivity index (χ0n) is 9.93. The minimum atomic E-state index is 0.430. The zero-order chi connectivity index (χ0) is 13.2. The van der Waals surface area contributed by atoms with E-state index in [1.165, 1.54) is 11.3 Å². The van der Waals surface area contributed by atoms with E-state index in [1.54, 1.807) is 0 Å². The van der Waals surface area contributed by atoms with E-state index in [4.69, 9.17) is 17.4 Å². The molecule has 3 N–H and O–H groups in total. The van der Waals surface area contributed by atoms with Crippen LogP contribution in [0, 0.1) is 0 Å². The highest BCUT2D eigenvalue weighted by Gasteiger charge is 2.18. The molecular weight excluding hydrogens is 280 g/mol. The van der Waals surface area contributed by atoms with E-state index in [1.807, 2.05) is 36.4 Å². The molecule has 1 aliphatic rings. The summed E-state index contributed by atoms with van der Waals surface area (Å²) in [6, 6.07) is 11.9. The Morgan fingerprint density at radius 2 is 2.05 bits per heavy atom. The molecule has 0 radical (unpaired) electrons. The molecule has 0 fully saturated rings. The van der Waals surface area contributed by atoms with Gasteiger partial charge in [0.25, 0.3) is 0 Å². The number of nitrogens with zero attached hydrogens (tertiary/aromatic N) is 2. The van der Waals surface area contributed by atoms with Crippen molar-refractivity contribution in [3.63, 3.8) is 0 Å². The van der Waals surface area contributed by atoms with Gasteiger partial charge in [0.05, 0.1) is 16.6 Å². The Bertz CT molecular complexity index is 661. The number of nitrogens with one attached hydrogen (secondary N) is 1. The second-order valence-electron chi connectivity index (χ2n) is 4.00. The first kappa shape index (κ1) is 12.3. The lowest BCUT2D eigenvalue weighted by Gasteiger charge is -2.04. The van der Waals surface area contributed by atoms with Crippen LogP contribution in [-0.4, -0.2) is 18.1 Å². The van der Waals surface area contributed by atoms with Gasteiger partial charge in [0.1, 0.15) is 10.8 Å². The van der Waals surface area contributed by atoms with Gasteiger partial charge in [-0.25, -0.2) is 10.8 Å². The minimum absolute atomic E-state index is 0.430. The SMILES string of the molecule is NNC1=Nc2sc(Cl)cc2C(c2ccccc2)=NC1. The first-order valence-corrected chi connectivity index (χ1v) is 6.91. The Morgan fingerprint density at radius 1 is 1.26 bits per heavy atom. The summed E-state index contributed by atoms with van der Waals surface area (Å²) < 4.78 is 0.690. The minimum Gasteiger partial charge on any atom is -0.310 e. The summed E-state index contributed by atoms with van der Waals surface area (Å²) in [5.41, 5.74) is 5.47. The monoisotopic (exact) mass is 290 g/mol. The first-order valence-electron chi connectivity index (χ1n) is 5.71. The molecule has 0 saturated carbocycles. The van der Waals surface area contributed by atoms with Gasteiger partial charge in [0.2, 0.25) is 0 Å². The van der Waals surface area contributed by atoms with Crippen molar-refractivity contribution in [2.45, 2.75) is 0 Å². The Labute approximate surface area is 119 Å². The fourth-order valence-electron chi connectivity index (χ4n) is 1.92. The lowest BCUT2D eigenvalue weighted by molar-refractivity contribution is 0.993. The first-order chi connectivity index (χ1) is 9.28. The molecule has 1 aromatic heterocycles. The van der Waals surface area contributed by atoms with Gasteiger partial charge < -0.3 is 5.43 Å². The summed E-state index contributed by atoms with van der Waals surface area (Å²) in [4.78, 5) is 9.05. The van der Waals surface area contributed by atoms with Crippen LogP contribution in [0.15, 0.2) is 46.4 Å². The number of rotatable bonds is 1. The number of fused-ring (bicyclic) bond motifs is 1. The molecular formula is C13H11ClN4S. The lowest BCUT2D eigenvalue weighted by Crippen LogP contribution is -2.32. The normalized spacial score (nSPS) is 14.2. The van der Waals surface area contributed by atoms with Crippen molar-refractivity contribution in [1.29, 1.82) is 0 Å². The van der Waals surface area contributed by atoms with Crippen molar-refractivity contribution in [2.24, 2.45) is 15.8 Å². The number of hydrogen-bond acceptors (Lipinski definition) is 5. The van der Waals surface area contributed by atoms with E-state index in [2.05, 4.69) is 15.4 Å². The number of nitrogens with two attached hydrogens (primary N) is 1. The van der Waals surface area contributed by atoms with Crippen LogP contribution in [0.5, 0.6) is 0 Å². The topological polar surface area (TPSA) is 62.8 Å². The summed E-state index contributed by atoms with van der Waals surface area (Å²) in [6.45, 7) is 0.430. The van der Waals surface area contributed by atoms with Crippen molar-refractivity contribution < 1.29 is 0 Å². The van der Waals surface area contributed by atoms with Gasteiger partial charge in [-0.15, -0.1) is 11.3 Å². The third-order valence-electron chi connectivity index (χ3n) is 2.77. The fraction of sp³-hybridized carbons (Fsp3) is 0.0769. The van der Waals surface area contributed by atoms with E-state index in [-0.39, 0.29) is 0 Å². The fourth-order valence-corrected chi connectivity index (χ4v) is 3.03. The van der Waals surface area contributed by atoms with Crippen LogP contribution in [0.1, 0.15) is 11.1 Å². The molecule has 0 aliphatic carbocycles. The van der Waals surface area contributed by atoms with E-state index in [0.29, 0.717) is 16.7 Å². The molecule has 3 rings (SSSR count). The van der Waals surface area contributed by atoms with Crippen molar-refractivity contribution in [3.05, 3.63) is 51.9 Å². The Balaban J connectivity index is 2.15. The molecule has 2 aromatic rings. The average Bonchev–Trinajstić information content (AvgIpc) is 2.70. The summed E-state index contributed by atoms with van der Waals surface area (Å²) in [5, 5.41) is 0.832. The van der Waals surface area contributed by atoms with E-state index in [9.17, 15) is 0 Å². The largest absolute Gasteiger partial charge is 0.310 e. The molecule has 0 saturated heterocycles. The summed E-state index contributed by atoms with van der Waals surface area (Å²) in [6.07, 6.45) is 0. The molecule has 0 bridgehead atoms. The Kier molecular flexibility index (Phi) is 3.33. The number of aliphatic imine (C=N–C) groups is 2. The van der Waals surface area contributed by atoms with Crippen LogP contribution in [0.2, 0.25) is 4.34 Å². The van der Waals surface area contributed by atoms with Crippen LogP contribution in [0.25, 0.3) is 0 Å². The van der Waals surface area contributed by atoms with Crippen molar-refractivity contribution in [2.75, 3.05) is 6.54 Å². The molecule has 0 unspecified atom stereocenters. The lowest BCUT2D eigenvalue weighted by atomic mass is 10.0. The smallest absolute Gasteiger partial charge is 0.139 e. The highest BCUT2D eigenvalue weighted by Crippen LogP contribution is 2.36. The highest BCUT2D eigenvalue weighted by molar-refractivity contribution is 7.20. The maximum absolute atomic E-state index is 6.09. The van der Waals surface area contributed by atoms with Crippen LogP contribution in [0.3, 0.4) is 0 Å². The predicted octanol–water partition coefficient (Wildman–Crippen LogP) is 2.75. The quantitative estimate of drug-likeness (QED) is 0.626. The van der Waals surface area contributed by atoms with Gasteiger partial charge in [-0.3, -0.25) is 4.99 Å². The third-order valence-corrected chi connectivity index (χ3v) is 3.93. The van der Waals surface area contributed by atoms with Crippen LogP contribution < -0.4 is 11.3 Å². The molecule has 1 aromatic carbocycles. The second kappa shape index (κ2) is 5.13. The van der Waals surface area contributed by atoms with Crippen molar-refractivity contribution >= 4 is 39.5 Å². The molecule has 0 spiro atoms. The molecule has 19 heavy (non-hydrogen) atoms. The summed E-state index contributed by atoms with van der Waals surface area (Å²) in [5.74, 6) is 6.07. The number of hydrazine groups is 1. The van der Waals surface area contributed by atoms with Gasteiger partial charge in [-0.2, -0.15) is 0 Å². The van der Waals surface area contributed by atoms with E-state index < -0.39 is 0 Å². The van der Waals surface area contributed by atoms with Gasteiger partial charge in [-0.1, -0.05) is 41.9 Å². The molecule has 96 valence electrons. The van der Waals surface area contributed by atoms with Gasteiger partial charge >= 0.3 is 0 Å². The summed E-state index contributed by atoms with van der Waals surface area (Å²) in [7, 11) is 0. The maximum Gasteiger partial charge on any atom is 0.139 e. The number of amidine groups is 1. The summed E-state index contributed by atoms with van der Waals surface area (Å²) >= 11 is 7.51. The standard InChI is InChI=1S/C13H11ClN4S/c14-10-6-9-12(8-4-2-1-3-5-8)16-7-11(18-15)17-13(9)19-10/h1-6H,7,15H2,(H,17,18). The molecule has 6 heteroatoms. The third kappa shape index (κ3) is 2.40. The van der Waals surface area contributed by atoms with E-state index in [0.717, 1.165) is 21.8 Å². The van der Waals surface area contributed by atoms with E-state index >= 15 is 0 Å². The van der Waals surface area contributed by atoms with Gasteiger partial charge in [0.15, 0.2) is 0 Å². The molecule has 1 aliphatic heterocycles. The molecule has 2 heterocycles. The number of halogens is 1. The maximum atomic E-state index is 6.09. The van der Waals surface area contributed by atoms with Crippen LogP contribution >= 0.6 is 22.9 Å². The van der Waals surface area contributed by atoms with Gasteiger partial charge in [-0.05, 0) is 6.07 Å². The van der Waals surface area contributed by atoms with Crippen molar-refractivity contribution in [3.8, 4) is 0 Å².